The van der Waals surface area contributed by atoms with E-state index in [1.54, 1.807) is 11.9 Å². The van der Waals surface area contributed by atoms with Crippen molar-refractivity contribution in [2.24, 2.45) is 0 Å². The quantitative estimate of drug-likeness (QED) is 0.658. The molecule has 31 heavy (non-hydrogen) atoms. The predicted molar refractivity (Wildman–Crippen MR) is 113 cm³/mol. The molecule has 2 atom stereocenters. The summed E-state index contributed by atoms with van der Waals surface area (Å²) in [5, 5.41) is 9.45. The maximum Gasteiger partial charge on any atom is 0.417 e. The van der Waals surface area contributed by atoms with Crippen LogP contribution in [0.5, 0.6) is 0 Å². The molecule has 1 aliphatic carbocycles. The summed E-state index contributed by atoms with van der Waals surface area (Å²) in [5.41, 5.74) is 1.29. The Morgan fingerprint density at radius 3 is 2.71 bits per heavy atom. The van der Waals surface area contributed by atoms with Crippen LogP contribution in [0, 0.1) is 0 Å². The normalized spacial score (nSPS) is 21.9. The Balaban J connectivity index is 1.44. The second-order valence-corrected chi connectivity index (χ2v) is 9.10. The van der Waals surface area contributed by atoms with Crippen LogP contribution >= 0.6 is 11.9 Å². The summed E-state index contributed by atoms with van der Waals surface area (Å²) in [5.74, 6) is -0.641. The largest absolute Gasteiger partial charge is 0.481 e. The van der Waals surface area contributed by atoms with Crippen molar-refractivity contribution >= 4 is 23.7 Å². The van der Waals surface area contributed by atoms with Crippen molar-refractivity contribution in [3.05, 3.63) is 53.2 Å². The van der Waals surface area contributed by atoms with Gasteiger partial charge in [0, 0.05) is 36.8 Å². The number of pyridine rings is 1. The van der Waals surface area contributed by atoms with Gasteiger partial charge in [0.1, 0.15) is 5.82 Å². The van der Waals surface area contributed by atoms with Crippen molar-refractivity contribution in [3.8, 4) is 0 Å². The minimum absolute atomic E-state index is 0.131. The zero-order valence-corrected chi connectivity index (χ0v) is 17.9. The predicted octanol–water partition coefficient (Wildman–Crippen LogP) is 4.82. The van der Waals surface area contributed by atoms with Gasteiger partial charge in [-0.1, -0.05) is 13.0 Å². The molecule has 1 aromatic carbocycles. The van der Waals surface area contributed by atoms with E-state index >= 15 is 0 Å². The highest BCUT2D eigenvalue weighted by Gasteiger charge is 2.33. The van der Waals surface area contributed by atoms with Gasteiger partial charge in [0.15, 0.2) is 0 Å². The fourth-order valence-corrected chi connectivity index (χ4v) is 5.35. The molecule has 2 aliphatic rings. The first-order chi connectivity index (χ1) is 14.8. The SMILES string of the molecule is CCC1CN(Sc2ccc3c(c2)C(C(=O)O)CC3)CCN1c1ccc(C(F)(F)F)cn1. The van der Waals surface area contributed by atoms with E-state index in [0.29, 0.717) is 18.8 Å². The van der Waals surface area contributed by atoms with Crippen LogP contribution in [0.1, 0.15) is 42.4 Å². The summed E-state index contributed by atoms with van der Waals surface area (Å²) < 4.78 is 40.7. The van der Waals surface area contributed by atoms with Gasteiger partial charge >= 0.3 is 12.1 Å². The third kappa shape index (κ3) is 4.67. The van der Waals surface area contributed by atoms with Gasteiger partial charge < -0.3 is 10.0 Å². The Hall–Kier alpha value is -2.26. The van der Waals surface area contributed by atoms with E-state index in [1.165, 1.54) is 6.07 Å². The second-order valence-electron chi connectivity index (χ2n) is 7.93. The summed E-state index contributed by atoms with van der Waals surface area (Å²) in [7, 11) is 0. The molecule has 0 saturated carbocycles. The molecule has 0 radical (unpaired) electrons. The Kier molecular flexibility index (Phi) is 6.16. The monoisotopic (exact) mass is 451 g/mol. The number of fused-ring (bicyclic) bond motifs is 1. The van der Waals surface area contributed by atoms with Crippen LogP contribution in [0.4, 0.5) is 19.0 Å². The lowest BCUT2D eigenvalue weighted by Gasteiger charge is -2.41. The standard InChI is InChI=1S/C22H24F3N3O2S/c1-2-16-13-27(9-10-28(16)20-8-5-15(12-26-20)22(23,24)25)31-17-6-3-14-4-7-18(21(29)30)19(14)11-17/h3,5-6,8,11-12,16,18H,2,4,7,9-10,13H2,1H3,(H,29,30). The van der Waals surface area contributed by atoms with Crippen LogP contribution in [0.15, 0.2) is 41.4 Å². The molecule has 0 bridgehead atoms. The van der Waals surface area contributed by atoms with Crippen molar-refractivity contribution in [1.82, 2.24) is 9.29 Å². The van der Waals surface area contributed by atoms with Crippen LogP contribution in [0.3, 0.4) is 0 Å². The van der Waals surface area contributed by atoms with E-state index in [4.69, 9.17) is 0 Å². The van der Waals surface area contributed by atoms with Crippen LogP contribution in [0.25, 0.3) is 0 Å². The molecule has 5 nitrogen and oxygen atoms in total. The number of aliphatic carboxylic acids is 1. The summed E-state index contributed by atoms with van der Waals surface area (Å²) in [6.45, 7) is 4.18. The first kappa shape index (κ1) is 22.0. The van der Waals surface area contributed by atoms with Gasteiger partial charge in [-0.2, -0.15) is 13.2 Å². The van der Waals surface area contributed by atoms with Crippen LogP contribution < -0.4 is 4.90 Å². The number of hydrogen-bond acceptors (Lipinski definition) is 5. The van der Waals surface area contributed by atoms with Gasteiger partial charge in [-0.15, -0.1) is 0 Å². The number of aryl methyl sites for hydroxylation is 1. The maximum atomic E-state index is 12.8. The van der Waals surface area contributed by atoms with Gasteiger partial charge in [-0.3, -0.25) is 4.79 Å². The van der Waals surface area contributed by atoms with E-state index in [-0.39, 0.29) is 6.04 Å². The number of rotatable bonds is 5. The molecule has 0 spiro atoms. The number of carboxylic acids is 1. The summed E-state index contributed by atoms with van der Waals surface area (Å²) >= 11 is 1.61. The minimum Gasteiger partial charge on any atom is -0.481 e. The van der Waals surface area contributed by atoms with Gasteiger partial charge in [0.2, 0.25) is 0 Å². The molecule has 1 saturated heterocycles. The third-order valence-electron chi connectivity index (χ3n) is 6.01. The summed E-state index contributed by atoms with van der Waals surface area (Å²) in [4.78, 5) is 18.7. The highest BCUT2D eigenvalue weighted by atomic mass is 32.2. The van der Waals surface area contributed by atoms with Gasteiger partial charge in [0.05, 0.1) is 11.5 Å². The Labute approximate surface area is 183 Å². The summed E-state index contributed by atoms with van der Waals surface area (Å²) in [6.07, 6.45) is -1.21. The number of carboxylic acid groups (broad SMARTS) is 1. The van der Waals surface area contributed by atoms with E-state index < -0.39 is 23.6 Å². The van der Waals surface area contributed by atoms with Gasteiger partial charge in [-0.05, 0) is 66.6 Å². The molecule has 9 heteroatoms. The average Bonchev–Trinajstić information content (AvgIpc) is 3.17. The van der Waals surface area contributed by atoms with Crippen LogP contribution in [0.2, 0.25) is 0 Å². The topological polar surface area (TPSA) is 56.7 Å². The molecule has 1 N–H and O–H groups in total. The van der Waals surface area contributed by atoms with Crippen molar-refractivity contribution < 1.29 is 23.1 Å². The molecule has 1 aromatic heterocycles. The van der Waals surface area contributed by atoms with Crippen molar-refractivity contribution in [2.45, 2.75) is 49.2 Å². The van der Waals surface area contributed by atoms with Crippen molar-refractivity contribution in [2.75, 3.05) is 24.5 Å². The molecular formula is C22H24F3N3O2S. The summed E-state index contributed by atoms with van der Waals surface area (Å²) in [6, 6.07) is 8.72. The lowest BCUT2D eigenvalue weighted by atomic mass is 10.0. The molecule has 1 fully saturated rings. The smallest absolute Gasteiger partial charge is 0.417 e. The Bertz CT molecular complexity index is 952. The zero-order chi connectivity index (χ0) is 22.2. The number of piperazine rings is 1. The van der Waals surface area contributed by atoms with E-state index in [0.717, 1.165) is 54.2 Å². The molecule has 166 valence electrons. The van der Waals surface area contributed by atoms with Crippen molar-refractivity contribution in [1.29, 1.82) is 0 Å². The van der Waals surface area contributed by atoms with E-state index in [2.05, 4.69) is 21.1 Å². The maximum absolute atomic E-state index is 12.8. The van der Waals surface area contributed by atoms with E-state index in [1.807, 2.05) is 18.2 Å². The zero-order valence-electron chi connectivity index (χ0n) is 17.1. The second kappa shape index (κ2) is 8.70. The average molecular weight is 452 g/mol. The first-order valence-corrected chi connectivity index (χ1v) is 11.1. The third-order valence-corrected chi connectivity index (χ3v) is 7.07. The first-order valence-electron chi connectivity index (χ1n) is 10.3. The fraction of sp³-hybridized carbons (Fsp3) is 0.455. The fourth-order valence-electron chi connectivity index (χ4n) is 4.33. The van der Waals surface area contributed by atoms with Gasteiger partial charge in [-0.25, -0.2) is 9.29 Å². The Morgan fingerprint density at radius 2 is 2.06 bits per heavy atom. The molecular weight excluding hydrogens is 427 g/mol. The highest BCUT2D eigenvalue weighted by Crippen LogP contribution is 2.37. The lowest BCUT2D eigenvalue weighted by molar-refractivity contribution is -0.139. The number of aromatic nitrogens is 1. The molecule has 0 amide bonds. The number of nitrogens with zero attached hydrogens (tertiary/aromatic N) is 3. The van der Waals surface area contributed by atoms with Crippen LogP contribution in [-0.2, 0) is 17.4 Å². The number of carbonyl (C=O) groups is 1. The number of benzene rings is 1. The number of halogens is 3. The molecule has 2 unspecified atom stereocenters. The van der Waals surface area contributed by atoms with Gasteiger partial charge in [0.25, 0.3) is 0 Å². The Morgan fingerprint density at radius 1 is 1.26 bits per heavy atom. The number of anilines is 1. The van der Waals surface area contributed by atoms with E-state index in [9.17, 15) is 23.1 Å². The lowest BCUT2D eigenvalue weighted by Crippen LogP contribution is -2.51. The van der Waals surface area contributed by atoms with Crippen molar-refractivity contribution in [3.63, 3.8) is 0 Å². The van der Waals surface area contributed by atoms with Crippen LogP contribution in [-0.4, -0.2) is 46.0 Å². The number of hydrogen-bond donors (Lipinski definition) is 1. The molecule has 4 rings (SSSR count). The highest BCUT2D eigenvalue weighted by molar-refractivity contribution is 7.97. The minimum atomic E-state index is -4.39. The molecule has 1 aliphatic heterocycles. The molecule has 2 aromatic rings. The number of alkyl halides is 3. The molecule has 2 heterocycles.